The Labute approximate surface area is 86.1 Å². The van der Waals surface area contributed by atoms with Crippen LogP contribution in [-0.2, 0) is 13.1 Å². The minimum Gasteiger partial charge on any atom is -0.300 e. The highest BCUT2D eigenvalue weighted by atomic mass is 16.6. The summed E-state index contributed by atoms with van der Waals surface area (Å²) in [7, 11) is 0. The number of hydrogen-bond donors (Lipinski definition) is 0. The number of aromatic nitrogens is 4. The molecule has 6 nitrogen and oxygen atoms in total. The fourth-order valence-electron chi connectivity index (χ4n) is 1.37. The standard InChI is InChI=1S/C9H12N4O2/c1-3-12-4-5-13(9(12)14)6-8-7(2)10-15-11-8/h4-5H,3,6H2,1-2H3. The smallest absolute Gasteiger partial charge is 0.300 e. The normalized spacial score (nSPS) is 10.8. The topological polar surface area (TPSA) is 65.8 Å². The van der Waals surface area contributed by atoms with E-state index in [-0.39, 0.29) is 5.69 Å². The van der Waals surface area contributed by atoms with E-state index in [9.17, 15) is 4.79 Å². The summed E-state index contributed by atoms with van der Waals surface area (Å²) in [6.07, 6.45) is 3.49. The van der Waals surface area contributed by atoms with E-state index in [1.807, 2.05) is 6.92 Å². The third-order valence-electron chi connectivity index (χ3n) is 2.33. The summed E-state index contributed by atoms with van der Waals surface area (Å²) in [6, 6.07) is 0. The van der Waals surface area contributed by atoms with Gasteiger partial charge in [0.25, 0.3) is 0 Å². The van der Waals surface area contributed by atoms with Gasteiger partial charge in [-0.1, -0.05) is 10.3 Å². The molecule has 80 valence electrons. The molecule has 2 rings (SSSR count). The van der Waals surface area contributed by atoms with Crippen molar-refractivity contribution < 1.29 is 4.63 Å². The maximum Gasteiger partial charge on any atom is 0.328 e. The van der Waals surface area contributed by atoms with Gasteiger partial charge in [0, 0.05) is 18.9 Å². The van der Waals surface area contributed by atoms with Gasteiger partial charge in [0.2, 0.25) is 0 Å². The van der Waals surface area contributed by atoms with Gasteiger partial charge in [0.15, 0.2) is 0 Å². The van der Waals surface area contributed by atoms with Crippen LogP contribution in [0.25, 0.3) is 0 Å². The minimum atomic E-state index is -0.0418. The first-order chi connectivity index (χ1) is 7.22. The number of nitrogens with zero attached hydrogens (tertiary/aromatic N) is 4. The van der Waals surface area contributed by atoms with E-state index in [0.29, 0.717) is 24.5 Å². The Morgan fingerprint density at radius 3 is 2.60 bits per heavy atom. The Morgan fingerprint density at radius 1 is 1.33 bits per heavy atom. The predicted molar refractivity (Wildman–Crippen MR) is 52.5 cm³/mol. The van der Waals surface area contributed by atoms with Crippen LogP contribution >= 0.6 is 0 Å². The molecule has 2 aromatic rings. The van der Waals surface area contributed by atoms with Crippen molar-refractivity contribution in [2.45, 2.75) is 26.9 Å². The fraction of sp³-hybridized carbons (Fsp3) is 0.444. The van der Waals surface area contributed by atoms with Crippen LogP contribution < -0.4 is 5.69 Å². The predicted octanol–water partition coefficient (Wildman–Crippen LogP) is 0.409. The van der Waals surface area contributed by atoms with Gasteiger partial charge in [-0.15, -0.1) is 0 Å². The molecule has 2 heterocycles. The molecule has 0 fully saturated rings. The highest BCUT2D eigenvalue weighted by Gasteiger charge is 2.08. The third kappa shape index (κ3) is 1.70. The summed E-state index contributed by atoms with van der Waals surface area (Å²) in [5, 5.41) is 7.39. The fourth-order valence-corrected chi connectivity index (χ4v) is 1.37. The molecule has 0 bridgehead atoms. The lowest BCUT2D eigenvalue weighted by Crippen LogP contribution is -2.24. The SMILES string of the molecule is CCn1ccn(Cc2nonc2C)c1=O. The first kappa shape index (κ1) is 9.70. The third-order valence-corrected chi connectivity index (χ3v) is 2.33. The molecule has 2 aromatic heterocycles. The van der Waals surface area contributed by atoms with Crippen LogP contribution in [0.4, 0.5) is 0 Å². The van der Waals surface area contributed by atoms with Crippen molar-refractivity contribution >= 4 is 0 Å². The summed E-state index contributed by atoms with van der Waals surface area (Å²) in [6.45, 7) is 4.80. The summed E-state index contributed by atoms with van der Waals surface area (Å²) >= 11 is 0. The van der Waals surface area contributed by atoms with Crippen LogP contribution in [0.2, 0.25) is 0 Å². The van der Waals surface area contributed by atoms with Crippen LogP contribution in [-0.4, -0.2) is 19.4 Å². The van der Waals surface area contributed by atoms with Gasteiger partial charge in [-0.2, -0.15) is 0 Å². The Hall–Kier alpha value is -1.85. The van der Waals surface area contributed by atoms with Gasteiger partial charge < -0.3 is 0 Å². The Balaban J connectivity index is 2.29. The maximum absolute atomic E-state index is 11.7. The van der Waals surface area contributed by atoms with E-state index in [4.69, 9.17) is 0 Å². The van der Waals surface area contributed by atoms with Gasteiger partial charge >= 0.3 is 5.69 Å². The van der Waals surface area contributed by atoms with Gasteiger partial charge in [-0.05, 0) is 13.8 Å². The van der Waals surface area contributed by atoms with E-state index in [2.05, 4.69) is 14.9 Å². The quantitative estimate of drug-likeness (QED) is 0.732. The van der Waals surface area contributed by atoms with E-state index in [1.54, 1.807) is 28.5 Å². The summed E-state index contributed by atoms with van der Waals surface area (Å²) in [5.74, 6) is 0. The zero-order chi connectivity index (χ0) is 10.8. The van der Waals surface area contributed by atoms with Crippen molar-refractivity contribution in [3.8, 4) is 0 Å². The molecular formula is C9H12N4O2. The minimum absolute atomic E-state index is 0.0418. The molecule has 0 aliphatic carbocycles. The largest absolute Gasteiger partial charge is 0.328 e. The van der Waals surface area contributed by atoms with Crippen molar-refractivity contribution in [1.29, 1.82) is 0 Å². The number of hydrogen-bond acceptors (Lipinski definition) is 4. The van der Waals surface area contributed by atoms with Crippen molar-refractivity contribution in [3.05, 3.63) is 34.3 Å². The molecule has 15 heavy (non-hydrogen) atoms. The van der Waals surface area contributed by atoms with Gasteiger partial charge in [-0.25, -0.2) is 9.42 Å². The summed E-state index contributed by atoms with van der Waals surface area (Å²) in [4.78, 5) is 11.7. The average Bonchev–Trinajstić information content (AvgIpc) is 2.77. The van der Waals surface area contributed by atoms with E-state index >= 15 is 0 Å². The lowest BCUT2D eigenvalue weighted by atomic mass is 10.3. The summed E-state index contributed by atoms with van der Waals surface area (Å²) < 4.78 is 7.78. The monoisotopic (exact) mass is 208 g/mol. The van der Waals surface area contributed by atoms with E-state index < -0.39 is 0 Å². The zero-order valence-corrected chi connectivity index (χ0v) is 8.67. The molecular weight excluding hydrogens is 196 g/mol. The molecule has 0 N–H and O–H groups in total. The molecule has 0 atom stereocenters. The van der Waals surface area contributed by atoms with E-state index in [0.717, 1.165) is 0 Å². The second-order valence-electron chi connectivity index (χ2n) is 3.29. The molecule has 0 saturated carbocycles. The molecule has 0 aromatic carbocycles. The van der Waals surface area contributed by atoms with E-state index in [1.165, 1.54) is 0 Å². The highest BCUT2D eigenvalue weighted by Crippen LogP contribution is 2.01. The lowest BCUT2D eigenvalue weighted by molar-refractivity contribution is 0.300. The molecule has 0 saturated heterocycles. The van der Waals surface area contributed by atoms with Crippen LogP contribution in [0.3, 0.4) is 0 Å². The highest BCUT2D eigenvalue weighted by molar-refractivity contribution is 5.05. The first-order valence-corrected chi connectivity index (χ1v) is 4.76. The van der Waals surface area contributed by atoms with Crippen molar-refractivity contribution in [2.24, 2.45) is 0 Å². The lowest BCUT2D eigenvalue weighted by Gasteiger charge is -1.97. The molecule has 0 spiro atoms. The second kappa shape index (κ2) is 3.72. The molecule has 0 aliphatic rings. The zero-order valence-electron chi connectivity index (χ0n) is 8.67. The molecule has 0 amide bonds. The van der Waals surface area contributed by atoms with Gasteiger partial charge in [0.05, 0.1) is 6.54 Å². The van der Waals surface area contributed by atoms with Gasteiger partial charge in [0.1, 0.15) is 11.4 Å². The van der Waals surface area contributed by atoms with Crippen LogP contribution in [0.15, 0.2) is 21.8 Å². The number of rotatable bonds is 3. The maximum atomic E-state index is 11.7. The van der Waals surface area contributed by atoms with Crippen LogP contribution in [0.5, 0.6) is 0 Å². The molecule has 0 aliphatic heterocycles. The average molecular weight is 208 g/mol. The Bertz CT molecular complexity index is 508. The van der Waals surface area contributed by atoms with Crippen LogP contribution in [0.1, 0.15) is 18.3 Å². The Morgan fingerprint density at radius 2 is 2.07 bits per heavy atom. The molecule has 6 heteroatoms. The summed E-state index contributed by atoms with van der Waals surface area (Å²) in [5.41, 5.74) is 1.36. The van der Waals surface area contributed by atoms with Crippen LogP contribution in [0, 0.1) is 6.92 Å². The van der Waals surface area contributed by atoms with Gasteiger partial charge in [-0.3, -0.25) is 9.13 Å². The Kier molecular flexibility index (Phi) is 2.40. The second-order valence-corrected chi connectivity index (χ2v) is 3.29. The van der Waals surface area contributed by atoms with Crippen molar-refractivity contribution in [1.82, 2.24) is 19.4 Å². The van der Waals surface area contributed by atoms with Crippen molar-refractivity contribution in [3.63, 3.8) is 0 Å². The number of aryl methyl sites for hydroxylation is 2. The number of imidazole rings is 1. The first-order valence-electron chi connectivity index (χ1n) is 4.76. The molecule has 0 unspecified atom stereocenters. The van der Waals surface area contributed by atoms with Crippen molar-refractivity contribution in [2.75, 3.05) is 0 Å². The molecule has 0 radical (unpaired) electrons.